The van der Waals surface area contributed by atoms with Gasteiger partial charge in [-0.2, -0.15) is 0 Å². The maximum absolute atomic E-state index is 12.9. The minimum Gasteiger partial charge on any atom is -0.369 e. The van der Waals surface area contributed by atoms with E-state index in [-0.39, 0.29) is 17.6 Å². The average molecular weight is 361 g/mol. The van der Waals surface area contributed by atoms with Gasteiger partial charge in [-0.25, -0.2) is 4.79 Å². The lowest BCUT2D eigenvalue weighted by atomic mass is 9.90. The monoisotopic (exact) mass is 360 g/mol. The summed E-state index contributed by atoms with van der Waals surface area (Å²) in [5, 5.41) is 0. The number of amides is 2. The summed E-state index contributed by atoms with van der Waals surface area (Å²) in [5.41, 5.74) is 5.35. The molecule has 0 saturated heterocycles. The zero-order chi connectivity index (χ0) is 19.7. The first-order valence-electron chi connectivity index (χ1n) is 9.70. The molecule has 1 aliphatic carbocycles. The number of hydrogen-bond acceptors (Lipinski definition) is 2. The topological polar surface area (TPSA) is 32.8 Å². The first-order chi connectivity index (χ1) is 12.2. The van der Waals surface area contributed by atoms with E-state index in [2.05, 4.69) is 40.3 Å². The highest BCUT2D eigenvalue weighted by Crippen LogP contribution is 2.22. The molecule has 0 spiro atoms. The fourth-order valence-electron chi connectivity index (χ4n) is 2.68. The SMILES string of the molecule is CCCOC1C=C=C(CC)/C=C\C(N(C)C(=O)N(C)CC(C)(C)CC)=C1. The maximum atomic E-state index is 12.9. The van der Waals surface area contributed by atoms with E-state index in [9.17, 15) is 4.79 Å². The Kier molecular flexibility index (Phi) is 8.91. The van der Waals surface area contributed by atoms with E-state index in [4.69, 9.17) is 4.74 Å². The Balaban J connectivity index is 3.01. The molecule has 1 rings (SSSR count). The number of allylic oxidation sites excluding steroid dienone is 2. The molecule has 26 heavy (non-hydrogen) atoms. The normalized spacial score (nSPS) is 18.5. The molecule has 0 fully saturated rings. The third-order valence-electron chi connectivity index (χ3n) is 4.74. The van der Waals surface area contributed by atoms with Crippen molar-refractivity contribution in [2.24, 2.45) is 5.41 Å². The Bertz CT molecular complexity index is 595. The molecule has 0 radical (unpaired) electrons. The third-order valence-corrected chi connectivity index (χ3v) is 4.74. The van der Waals surface area contributed by atoms with Gasteiger partial charge in [0, 0.05) is 32.9 Å². The molecule has 0 aromatic rings. The largest absolute Gasteiger partial charge is 0.369 e. The second-order valence-electron chi connectivity index (χ2n) is 7.67. The molecular weight excluding hydrogens is 324 g/mol. The molecule has 0 N–H and O–H groups in total. The van der Waals surface area contributed by atoms with E-state index in [0.717, 1.165) is 37.1 Å². The van der Waals surface area contributed by atoms with Crippen LogP contribution in [0.5, 0.6) is 0 Å². The molecule has 0 aromatic carbocycles. The zero-order valence-electron chi connectivity index (χ0n) is 17.6. The van der Waals surface area contributed by atoms with Crippen LogP contribution in [0.4, 0.5) is 4.79 Å². The molecule has 0 heterocycles. The number of hydrogen-bond donors (Lipinski definition) is 0. The lowest BCUT2D eigenvalue weighted by molar-refractivity contribution is 0.114. The van der Waals surface area contributed by atoms with Crippen LogP contribution in [-0.2, 0) is 4.74 Å². The Morgan fingerprint density at radius 2 is 1.92 bits per heavy atom. The molecule has 0 aliphatic heterocycles. The summed E-state index contributed by atoms with van der Waals surface area (Å²) in [5.74, 6) is 0. The fourth-order valence-corrected chi connectivity index (χ4v) is 2.68. The molecule has 1 atom stereocenters. The highest BCUT2D eigenvalue weighted by atomic mass is 16.5. The van der Waals surface area contributed by atoms with Gasteiger partial charge in [-0.15, -0.1) is 5.73 Å². The van der Waals surface area contributed by atoms with E-state index in [0.29, 0.717) is 6.61 Å². The van der Waals surface area contributed by atoms with Gasteiger partial charge in [-0.05, 0) is 54.6 Å². The molecule has 0 bridgehead atoms. The summed E-state index contributed by atoms with van der Waals surface area (Å²) in [6.07, 6.45) is 10.6. The number of nitrogens with zero attached hydrogens (tertiary/aromatic N) is 2. The summed E-state index contributed by atoms with van der Waals surface area (Å²) in [6.45, 7) is 12.1. The van der Waals surface area contributed by atoms with E-state index in [1.165, 1.54) is 0 Å². The van der Waals surface area contributed by atoms with Crippen LogP contribution < -0.4 is 0 Å². The predicted molar refractivity (Wildman–Crippen MR) is 109 cm³/mol. The fraction of sp³-hybridized carbons (Fsp3) is 0.636. The van der Waals surface area contributed by atoms with Gasteiger partial charge < -0.3 is 9.64 Å². The van der Waals surface area contributed by atoms with Gasteiger partial charge in [0.1, 0.15) is 6.10 Å². The van der Waals surface area contributed by atoms with Gasteiger partial charge in [0.2, 0.25) is 0 Å². The molecule has 4 nitrogen and oxygen atoms in total. The molecule has 1 aliphatic rings. The predicted octanol–water partition coefficient (Wildman–Crippen LogP) is 5.15. The number of ether oxygens (including phenoxy) is 1. The van der Waals surface area contributed by atoms with Crippen LogP contribution in [0.3, 0.4) is 0 Å². The van der Waals surface area contributed by atoms with Crippen molar-refractivity contribution in [2.45, 2.75) is 60.0 Å². The Morgan fingerprint density at radius 3 is 2.50 bits per heavy atom. The van der Waals surface area contributed by atoms with Gasteiger partial charge in [-0.3, -0.25) is 4.90 Å². The lowest BCUT2D eigenvalue weighted by Gasteiger charge is -2.32. The van der Waals surface area contributed by atoms with Crippen molar-refractivity contribution < 1.29 is 9.53 Å². The number of carbonyl (C=O) groups is 1. The highest BCUT2D eigenvalue weighted by molar-refractivity contribution is 5.76. The quantitative estimate of drug-likeness (QED) is 0.561. The van der Waals surface area contributed by atoms with Crippen LogP contribution in [0.2, 0.25) is 0 Å². The van der Waals surface area contributed by atoms with Crippen molar-refractivity contribution in [1.82, 2.24) is 9.80 Å². The smallest absolute Gasteiger partial charge is 0.323 e. The van der Waals surface area contributed by atoms with Crippen LogP contribution in [-0.4, -0.2) is 49.2 Å². The Hall–Kier alpha value is -1.77. The Labute approximate surface area is 159 Å². The lowest BCUT2D eigenvalue weighted by Crippen LogP contribution is -2.42. The second-order valence-corrected chi connectivity index (χ2v) is 7.67. The minimum atomic E-state index is -0.177. The first-order valence-corrected chi connectivity index (χ1v) is 9.70. The average Bonchev–Trinajstić information content (AvgIpc) is 2.60. The number of likely N-dealkylation sites (N-methyl/N-ethyl adjacent to an activating group) is 1. The molecule has 1 unspecified atom stereocenters. The van der Waals surface area contributed by atoms with Gasteiger partial charge in [0.05, 0.1) is 0 Å². The van der Waals surface area contributed by atoms with Crippen molar-refractivity contribution >= 4 is 6.03 Å². The summed E-state index contributed by atoms with van der Waals surface area (Å²) >= 11 is 0. The first kappa shape index (κ1) is 22.3. The number of carbonyl (C=O) groups excluding carboxylic acids is 1. The van der Waals surface area contributed by atoms with Crippen LogP contribution in [0.15, 0.2) is 41.3 Å². The summed E-state index contributed by atoms with van der Waals surface area (Å²) in [7, 11) is 3.69. The Morgan fingerprint density at radius 1 is 1.23 bits per heavy atom. The van der Waals surface area contributed by atoms with Crippen molar-refractivity contribution in [2.75, 3.05) is 27.2 Å². The van der Waals surface area contributed by atoms with E-state index in [1.807, 2.05) is 38.4 Å². The standard InChI is InChI=1S/C22H36N2O2/c1-8-15-26-20-14-12-18(9-2)11-13-19(16-20)24(7)21(25)23(6)17-22(4,5)10-3/h11,13-14,16,20H,8-10,15,17H2,1-7H3/b13-11-,19-16?. The van der Waals surface area contributed by atoms with Gasteiger partial charge >= 0.3 is 6.03 Å². The minimum absolute atomic E-state index is 0.0109. The molecular formula is C22H36N2O2. The molecule has 146 valence electrons. The molecule has 0 saturated carbocycles. The van der Waals surface area contributed by atoms with E-state index < -0.39 is 0 Å². The van der Waals surface area contributed by atoms with Crippen LogP contribution in [0, 0.1) is 5.41 Å². The van der Waals surface area contributed by atoms with Crippen LogP contribution in [0.25, 0.3) is 0 Å². The van der Waals surface area contributed by atoms with Crippen molar-refractivity contribution in [3.63, 3.8) is 0 Å². The number of urea groups is 1. The van der Waals surface area contributed by atoms with E-state index >= 15 is 0 Å². The van der Waals surface area contributed by atoms with Gasteiger partial charge in [-0.1, -0.05) is 34.6 Å². The van der Waals surface area contributed by atoms with E-state index in [1.54, 1.807) is 9.80 Å². The number of rotatable bonds is 8. The molecule has 2 amide bonds. The van der Waals surface area contributed by atoms with Crippen molar-refractivity contribution in [3.8, 4) is 0 Å². The third kappa shape index (κ3) is 6.86. The van der Waals surface area contributed by atoms with Gasteiger partial charge in [0.25, 0.3) is 0 Å². The second kappa shape index (κ2) is 10.4. The zero-order valence-corrected chi connectivity index (χ0v) is 17.6. The van der Waals surface area contributed by atoms with Crippen LogP contribution in [0.1, 0.15) is 53.9 Å². The van der Waals surface area contributed by atoms with Crippen molar-refractivity contribution in [1.29, 1.82) is 0 Å². The van der Waals surface area contributed by atoms with Crippen LogP contribution >= 0.6 is 0 Å². The maximum Gasteiger partial charge on any atom is 0.323 e. The molecule has 4 heteroatoms. The highest BCUT2D eigenvalue weighted by Gasteiger charge is 2.24. The summed E-state index contributed by atoms with van der Waals surface area (Å²) in [4.78, 5) is 16.4. The molecule has 0 aromatic heterocycles. The summed E-state index contributed by atoms with van der Waals surface area (Å²) < 4.78 is 5.89. The van der Waals surface area contributed by atoms with Gasteiger partial charge in [0.15, 0.2) is 0 Å². The summed E-state index contributed by atoms with van der Waals surface area (Å²) in [6, 6.07) is -0.0109. The van der Waals surface area contributed by atoms with Crippen molar-refractivity contribution in [3.05, 3.63) is 41.3 Å².